The average Bonchev–Trinajstić information content (AvgIpc) is 2.76. The van der Waals surface area contributed by atoms with Crippen LogP contribution in [0.2, 0.25) is 0 Å². The van der Waals surface area contributed by atoms with Crippen molar-refractivity contribution in [3.05, 3.63) is 25.6 Å². The van der Waals surface area contributed by atoms with Gasteiger partial charge in [-0.15, -0.1) is 0 Å². The summed E-state index contributed by atoms with van der Waals surface area (Å²) in [6, 6.07) is 0. The fourth-order valence-corrected chi connectivity index (χ4v) is 1.88. The lowest BCUT2D eigenvalue weighted by molar-refractivity contribution is -0.130. The predicted octanol–water partition coefficient (Wildman–Crippen LogP) is 1.89. The van der Waals surface area contributed by atoms with Crippen molar-refractivity contribution < 1.29 is 9.59 Å². The number of hydrogen-bond donors (Lipinski definition) is 0. The molecule has 0 unspecified atom stereocenters. The SMILES string of the molecule is C=CN1CCCC1=O.C=CN1CCCCC1=O. The van der Waals surface area contributed by atoms with E-state index in [1.165, 1.54) is 0 Å². The van der Waals surface area contributed by atoms with Crippen molar-refractivity contribution in [2.24, 2.45) is 0 Å². The molecule has 2 saturated heterocycles. The molecule has 0 spiro atoms. The maximum absolute atomic E-state index is 10.9. The van der Waals surface area contributed by atoms with Crippen molar-refractivity contribution in [3.8, 4) is 0 Å². The van der Waals surface area contributed by atoms with Crippen LogP contribution in [0.5, 0.6) is 0 Å². The molecule has 2 amide bonds. The van der Waals surface area contributed by atoms with E-state index in [2.05, 4.69) is 13.2 Å². The highest BCUT2D eigenvalue weighted by molar-refractivity contribution is 5.79. The third-order valence-corrected chi connectivity index (χ3v) is 2.91. The molecule has 0 N–H and O–H groups in total. The topological polar surface area (TPSA) is 40.6 Å². The molecule has 94 valence electrons. The van der Waals surface area contributed by atoms with Crippen LogP contribution in [0.4, 0.5) is 0 Å². The van der Waals surface area contributed by atoms with Gasteiger partial charge in [-0.2, -0.15) is 0 Å². The van der Waals surface area contributed by atoms with Crippen molar-refractivity contribution in [3.63, 3.8) is 0 Å². The fourth-order valence-electron chi connectivity index (χ4n) is 1.88. The summed E-state index contributed by atoms with van der Waals surface area (Å²) in [5.41, 5.74) is 0. The summed E-state index contributed by atoms with van der Waals surface area (Å²) in [7, 11) is 0. The lowest BCUT2D eigenvalue weighted by atomic mass is 10.1. The van der Waals surface area contributed by atoms with Crippen molar-refractivity contribution in [1.29, 1.82) is 0 Å². The van der Waals surface area contributed by atoms with Gasteiger partial charge in [-0.25, -0.2) is 0 Å². The number of nitrogens with zero attached hydrogens (tertiary/aromatic N) is 2. The molecule has 0 aromatic rings. The first-order chi connectivity index (χ1) is 8.19. The van der Waals surface area contributed by atoms with Gasteiger partial charge in [0.05, 0.1) is 0 Å². The van der Waals surface area contributed by atoms with Crippen molar-refractivity contribution in [2.45, 2.75) is 32.1 Å². The second-order valence-electron chi connectivity index (χ2n) is 4.10. The summed E-state index contributed by atoms with van der Waals surface area (Å²) in [5, 5.41) is 0. The Morgan fingerprint density at radius 3 is 1.65 bits per heavy atom. The van der Waals surface area contributed by atoms with E-state index in [1.807, 2.05) is 0 Å². The number of carbonyl (C=O) groups is 2. The van der Waals surface area contributed by atoms with Gasteiger partial charge >= 0.3 is 0 Å². The summed E-state index contributed by atoms with van der Waals surface area (Å²) in [6.45, 7) is 8.76. The number of hydrogen-bond acceptors (Lipinski definition) is 2. The molecule has 0 aromatic heterocycles. The molecule has 0 aliphatic carbocycles. The minimum atomic E-state index is 0.208. The molecule has 0 bridgehead atoms. The molecule has 2 heterocycles. The summed E-state index contributed by atoms with van der Waals surface area (Å²) in [6.07, 6.45) is 7.76. The van der Waals surface area contributed by atoms with E-state index in [9.17, 15) is 9.59 Å². The highest BCUT2D eigenvalue weighted by Gasteiger charge is 2.16. The van der Waals surface area contributed by atoms with Crippen LogP contribution in [-0.4, -0.2) is 34.7 Å². The Morgan fingerprint density at radius 1 is 0.824 bits per heavy atom. The van der Waals surface area contributed by atoms with Gasteiger partial charge in [0.2, 0.25) is 11.8 Å². The molecule has 2 rings (SSSR count). The van der Waals surface area contributed by atoms with E-state index in [-0.39, 0.29) is 11.8 Å². The number of amides is 2. The highest BCUT2D eigenvalue weighted by Crippen LogP contribution is 2.09. The van der Waals surface area contributed by atoms with Crippen molar-refractivity contribution >= 4 is 11.8 Å². The van der Waals surface area contributed by atoms with Gasteiger partial charge in [0.15, 0.2) is 0 Å². The van der Waals surface area contributed by atoms with Gasteiger partial charge < -0.3 is 9.80 Å². The second-order valence-corrected chi connectivity index (χ2v) is 4.10. The van der Waals surface area contributed by atoms with Gasteiger partial charge in [-0.1, -0.05) is 13.2 Å². The van der Waals surface area contributed by atoms with E-state index in [0.717, 1.165) is 32.4 Å². The lowest BCUT2D eigenvalue weighted by Crippen LogP contribution is -2.29. The standard InChI is InChI=1S/C7H11NO.C6H9NO/c1-2-8-6-4-3-5-7(8)9;1-2-7-5-3-4-6(7)8/h2H,1,3-6H2;2H,1,3-5H2. The van der Waals surface area contributed by atoms with Gasteiger partial charge in [-0.05, 0) is 31.7 Å². The molecule has 4 nitrogen and oxygen atoms in total. The first-order valence-electron chi connectivity index (χ1n) is 6.03. The summed E-state index contributed by atoms with van der Waals surface area (Å²) in [4.78, 5) is 24.9. The Balaban J connectivity index is 0.000000171. The predicted molar refractivity (Wildman–Crippen MR) is 66.9 cm³/mol. The molecule has 2 aliphatic heterocycles. The van der Waals surface area contributed by atoms with Gasteiger partial charge in [0.1, 0.15) is 0 Å². The van der Waals surface area contributed by atoms with Crippen LogP contribution in [0, 0.1) is 0 Å². The first kappa shape index (κ1) is 13.5. The normalized spacial score (nSPS) is 19.8. The molecule has 0 radical (unpaired) electrons. The molecule has 0 atom stereocenters. The molecule has 2 fully saturated rings. The maximum Gasteiger partial charge on any atom is 0.226 e. The molecule has 0 saturated carbocycles. The fraction of sp³-hybridized carbons (Fsp3) is 0.538. The van der Waals surface area contributed by atoms with Crippen molar-refractivity contribution in [1.82, 2.24) is 9.80 Å². The first-order valence-corrected chi connectivity index (χ1v) is 6.03. The summed E-state index contributed by atoms with van der Waals surface area (Å²) < 4.78 is 0. The summed E-state index contributed by atoms with van der Waals surface area (Å²) in [5.74, 6) is 0.427. The molecular formula is C13H20N2O2. The Kier molecular flexibility index (Phi) is 5.46. The number of piperidine rings is 1. The monoisotopic (exact) mass is 236 g/mol. The highest BCUT2D eigenvalue weighted by atomic mass is 16.2. The van der Waals surface area contributed by atoms with Crippen LogP contribution in [0.1, 0.15) is 32.1 Å². The van der Waals surface area contributed by atoms with Crippen LogP contribution in [0.3, 0.4) is 0 Å². The zero-order valence-corrected chi connectivity index (χ0v) is 10.2. The van der Waals surface area contributed by atoms with Crippen LogP contribution in [0.15, 0.2) is 25.6 Å². The van der Waals surface area contributed by atoms with E-state index < -0.39 is 0 Å². The maximum atomic E-state index is 10.9. The Hall–Kier alpha value is -1.58. The van der Waals surface area contributed by atoms with Gasteiger partial charge in [0.25, 0.3) is 0 Å². The third-order valence-electron chi connectivity index (χ3n) is 2.91. The quantitative estimate of drug-likeness (QED) is 0.734. The number of carbonyl (C=O) groups excluding carboxylic acids is 2. The molecule has 4 heteroatoms. The Morgan fingerprint density at radius 2 is 1.29 bits per heavy atom. The largest absolute Gasteiger partial charge is 0.320 e. The Labute approximate surface area is 103 Å². The van der Waals surface area contributed by atoms with Gasteiger partial charge in [0, 0.05) is 25.9 Å². The van der Waals surface area contributed by atoms with Gasteiger partial charge in [-0.3, -0.25) is 9.59 Å². The third kappa shape index (κ3) is 4.06. The smallest absolute Gasteiger partial charge is 0.226 e. The lowest BCUT2D eigenvalue weighted by Gasteiger charge is -2.21. The minimum Gasteiger partial charge on any atom is -0.320 e. The molecular weight excluding hydrogens is 216 g/mol. The zero-order chi connectivity index (χ0) is 12.7. The second kappa shape index (κ2) is 6.89. The average molecular weight is 236 g/mol. The van der Waals surface area contributed by atoms with Crippen molar-refractivity contribution in [2.75, 3.05) is 13.1 Å². The Bertz CT molecular complexity index is 313. The molecule has 0 aromatic carbocycles. The zero-order valence-electron chi connectivity index (χ0n) is 10.2. The minimum absolute atomic E-state index is 0.208. The van der Waals surface area contributed by atoms with Crippen LogP contribution in [0.25, 0.3) is 0 Å². The van der Waals surface area contributed by atoms with Crippen LogP contribution >= 0.6 is 0 Å². The van der Waals surface area contributed by atoms with E-state index >= 15 is 0 Å². The molecule has 17 heavy (non-hydrogen) atoms. The van der Waals surface area contributed by atoms with Crippen LogP contribution < -0.4 is 0 Å². The van der Waals surface area contributed by atoms with E-state index in [1.54, 1.807) is 22.2 Å². The summed E-state index contributed by atoms with van der Waals surface area (Å²) >= 11 is 0. The number of likely N-dealkylation sites (tertiary alicyclic amines) is 2. The van der Waals surface area contributed by atoms with E-state index in [4.69, 9.17) is 0 Å². The molecule has 2 aliphatic rings. The number of rotatable bonds is 2. The van der Waals surface area contributed by atoms with E-state index in [0.29, 0.717) is 12.8 Å². The van der Waals surface area contributed by atoms with Crippen LogP contribution in [-0.2, 0) is 9.59 Å².